The Morgan fingerprint density at radius 3 is 2.10 bits per heavy atom. The molecule has 1 fully saturated rings. The van der Waals surface area contributed by atoms with E-state index < -0.39 is 0 Å². The molecule has 0 nitrogen and oxygen atoms in total. The van der Waals surface area contributed by atoms with Gasteiger partial charge in [-0.1, -0.05) is 0 Å². The van der Waals surface area contributed by atoms with Gasteiger partial charge in [0.05, 0.1) is 0 Å². The van der Waals surface area contributed by atoms with E-state index in [4.69, 9.17) is 0 Å². The van der Waals surface area contributed by atoms with Crippen LogP contribution in [0.1, 0.15) is 41.9 Å². The molecule has 2 aliphatic carbocycles. The molecule has 0 N–H and O–H groups in total. The minimum atomic E-state index is 0.514. The van der Waals surface area contributed by atoms with Gasteiger partial charge in [-0.05, 0) is 0 Å². The monoisotopic (exact) mass is 439 g/mol. The van der Waals surface area contributed by atoms with Crippen LogP contribution in [0.2, 0.25) is 0 Å². The first-order valence-electron chi connectivity index (χ1n) is 11.4. The van der Waals surface area contributed by atoms with Crippen LogP contribution in [-0.4, -0.2) is 4.23 Å². The normalized spacial score (nSPS) is 20.0. The number of rotatable bonds is 6. The quantitative estimate of drug-likeness (QED) is 0.354. The second-order valence-electron chi connectivity index (χ2n) is 8.93. The summed E-state index contributed by atoms with van der Waals surface area (Å²) in [7, 11) is 0. The zero-order chi connectivity index (χ0) is 21.2. The van der Waals surface area contributed by atoms with Gasteiger partial charge in [0.25, 0.3) is 0 Å². The molecule has 3 aromatic carbocycles. The van der Waals surface area contributed by atoms with Gasteiger partial charge in [0, 0.05) is 0 Å². The molecule has 0 bridgehead atoms. The number of benzene rings is 3. The molecule has 31 heavy (non-hydrogen) atoms. The Kier molecular flexibility index (Phi) is 5.94. The Hall–Kier alpha value is -2.41. The van der Waals surface area contributed by atoms with Crippen molar-refractivity contribution in [1.29, 1.82) is 0 Å². The standard InChI is InChI=1S/C30H28.V/c1-22(21-23-12-3-2-4-13-23)11-9-14-24-15-10-20-25(24)30-28-18-7-5-16-26(28)27-17-6-8-19-29(27)30;/h2-9,11-13,16-19,24-25,30H,1,10,15,20-21H2;. The van der Waals surface area contributed by atoms with Crippen molar-refractivity contribution in [2.24, 2.45) is 11.8 Å². The third-order valence-electron chi connectivity index (χ3n) is 7.02. The van der Waals surface area contributed by atoms with Crippen molar-refractivity contribution in [1.82, 2.24) is 0 Å². The summed E-state index contributed by atoms with van der Waals surface area (Å²) in [4.78, 5) is 0. The Balaban J connectivity index is 1.37. The maximum atomic E-state index is 4.30. The molecule has 0 saturated heterocycles. The zero-order valence-corrected chi connectivity index (χ0v) is 19.3. The van der Waals surface area contributed by atoms with Crippen LogP contribution in [-0.2, 0) is 23.4 Å². The topological polar surface area (TPSA) is 0 Å². The van der Waals surface area contributed by atoms with Crippen LogP contribution < -0.4 is 0 Å². The molecule has 2 unspecified atom stereocenters. The fraction of sp³-hybridized carbons (Fsp3) is 0.233. The number of fused-ring (bicyclic) bond motifs is 3. The Morgan fingerprint density at radius 2 is 1.42 bits per heavy atom. The molecule has 0 amide bonds. The Morgan fingerprint density at radius 1 is 0.806 bits per heavy atom. The molecular formula is C30H28V. The minimum absolute atomic E-state index is 0.514. The average molecular weight is 439 g/mol. The zero-order valence-electron chi connectivity index (χ0n) is 17.9. The van der Waals surface area contributed by atoms with Crippen molar-refractivity contribution < 1.29 is 17.0 Å². The molecule has 5 rings (SSSR count). The van der Waals surface area contributed by atoms with E-state index in [1.54, 1.807) is 0 Å². The summed E-state index contributed by atoms with van der Waals surface area (Å²) in [5.74, 6) is 1.79. The van der Waals surface area contributed by atoms with E-state index >= 15 is 0 Å². The predicted octanol–water partition coefficient (Wildman–Crippen LogP) is 7.29. The molecule has 0 spiro atoms. The summed E-state index contributed by atoms with van der Waals surface area (Å²) in [6, 6.07) is 28.7. The third-order valence-corrected chi connectivity index (χ3v) is 7.77. The van der Waals surface area contributed by atoms with E-state index in [-0.39, 0.29) is 0 Å². The summed E-state index contributed by atoms with van der Waals surface area (Å²) in [6.45, 7) is 4.30. The van der Waals surface area contributed by atoms with Crippen molar-refractivity contribution in [3.63, 3.8) is 0 Å². The molecular weight excluding hydrogens is 411 g/mol. The van der Waals surface area contributed by atoms with E-state index in [0.29, 0.717) is 17.8 Å². The molecule has 1 saturated carbocycles. The van der Waals surface area contributed by atoms with Gasteiger partial charge in [0.2, 0.25) is 0 Å². The van der Waals surface area contributed by atoms with Gasteiger partial charge in [-0.15, -0.1) is 0 Å². The van der Waals surface area contributed by atoms with Crippen molar-refractivity contribution in [2.75, 3.05) is 0 Å². The molecule has 0 aromatic heterocycles. The van der Waals surface area contributed by atoms with Crippen LogP contribution in [0.4, 0.5) is 0 Å². The number of hydrogen-bond acceptors (Lipinski definition) is 0. The molecule has 0 heterocycles. The summed E-state index contributed by atoms with van der Waals surface area (Å²) >= 11 is 2.88. The van der Waals surface area contributed by atoms with Gasteiger partial charge in [0.15, 0.2) is 0 Å². The van der Waals surface area contributed by atoms with Gasteiger partial charge in [-0.25, -0.2) is 0 Å². The fourth-order valence-electron chi connectivity index (χ4n) is 5.65. The molecule has 0 radical (unpaired) electrons. The third kappa shape index (κ3) is 4.08. The van der Waals surface area contributed by atoms with E-state index in [0.717, 1.165) is 6.42 Å². The van der Waals surface area contributed by atoms with E-state index in [1.165, 1.54) is 56.9 Å². The number of hydrogen-bond donors (Lipinski definition) is 0. The van der Waals surface area contributed by atoms with Gasteiger partial charge in [0.1, 0.15) is 0 Å². The van der Waals surface area contributed by atoms with E-state index in [1.807, 2.05) is 0 Å². The molecule has 2 atom stereocenters. The van der Waals surface area contributed by atoms with E-state index in [2.05, 4.69) is 115 Å². The van der Waals surface area contributed by atoms with Crippen molar-refractivity contribution in [3.8, 4) is 11.1 Å². The molecule has 2 aliphatic rings. The van der Waals surface area contributed by atoms with Crippen molar-refractivity contribution in [3.05, 3.63) is 120 Å². The molecule has 153 valence electrons. The van der Waals surface area contributed by atoms with Gasteiger partial charge in [-0.2, -0.15) is 0 Å². The first-order valence-corrected chi connectivity index (χ1v) is 12.1. The first kappa shape index (κ1) is 20.5. The van der Waals surface area contributed by atoms with Crippen LogP contribution in [0.5, 0.6) is 0 Å². The van der Waals surface area contributed by atoms with Crippen molar-refractivity contribution in [2.45, 2.75) is 31.6 Å². The summed E-state index contributed by atoms with van der Waals surface area (Å²) < 4.78 is 1.45. The summed E-state index contributed by atoms with van der Waals surface area (Å²) in [5.41, 5.74) is 8.42. The van der Waals surface area contributed by atoms with Crippen LogP contribution in [0.15, 0.2) is 103 Å². The first-order chi connectivity index (χ1) is 15.2. The van der Waals surface area contributed by atoms with Crippen LogP contribution >= 0.6 is 0 Å². The number of allylic oxidation sites excluding steroid dienone is 3. The van der Waals surface area contributed by atoms with Gasteiger partial charge < -0.3 is 0 Å². The molecule has 3 aromatic rings. The van der Waals surface area contributed by atoms with Gasteiger partial charge >= 0.3 is 196 Å². The fourth-order valence-corrected chi connectivity index (χ4v) is 6.27. The van der Waals surface area contributed by atoms with Gasteiger partial charge in [-0.3, -0.25) is 0 Å². The SMILES string of the molecule is C=C(C=C[C](=[V])C1CCCC1C1c2ccccc2-c2ccccc21)Cc1ccccc1. The van der Waals surface area contributed by atoms with Crippen LogP contribution in [0.3, 0.4) is 0 Å². The van der Waals surface area contributed by atoms with Crippen LogP contribution in [0, 0.1) is 11.8 Å². The Labute approximate surface area is 195 Å². The summed E-state index contributed by atoms with van der Waals surface area (Å²) in [5, 5.41) is 0. The molecule has 0 aliphatic heterocycles. The summed E-state index contributed by atoms with van der Waals surface area (Å²) in [6.07, 6.45) is 9.36. The predicted molar refractivity (Wildman–Crippen MR) is 128 cm³/mol. The second-order valence-corrected chi connectivity index (χ2v) is 9.74. The molecule has 1 heteroatoms. The average Bonchev–Trinajstić information content (AvgIpc) is 3.41. The Bertz CT molecular complexity index is 1090. The second kappa shape index (κ2) is 8.99. The van der Waals surface area contributed by atoms with Crippen LogP contribution in [0.25, 0.3) is 11.1 Å². The van der Waals surface area contributed by atoms with E-state index in [9.17, 15) is 0 Å². The van der Waals surface area contributed by atoms with Crippen molar-refractivity contribution >= 4 is 4.23 Å². The maximum absolute atomic E-state index is 4.30.